The van der Waals surface area contributed by atoms with E-state index in [2.05, 4.69) is 208 Å². The highest BCUT2D eigenvalue weighted by molar-refractivity contribution is 5.85. The van der Waals surface area contributed by atoms with Gasteiger partial charge >= 0.3 is 0 Å². The summed E-state index contributed by atoms with van der Waals surface area (Å²) in [5, 5.41) is 0. The molecule has 57 heavy (non-hydrogen) atoms. The number of hydrogen-bond acceptors (Lipinski definition) is 2. The highest BCUT2D eigenvalue weighted by Gasteiger charge is 2.35. The van der Waals surface area contributed by atoms with Crippen LogP contribution in [0.25, 0.3) is 89.5 Å². The van der Waals surface area contributed by atoms with Gasteiger partial charge in [0.25, 0.3) is 0 Å². The van der Waals surface area contributed by atoms with E-state index in [1.54, 1.807) is 0 Å². The number of nitrogens with zero attached hydrogens (tertiary/aromatic N) is 2. The van der Waals surface area contributed by atoms with Gasteiger partial charge in [0.2, 0.25) is 0 Å². The van der Waals surface area contributed by atoms with E-state index in [1.165, 1.54) is 55.6 Å². The zero-order valence-corrected chi connectivity index (χ0v) is 32.0. The molecule has 0 radical (unpaired) electrons. The van der Waals surface area contributed by atoms with Gasteiger partial charge in [-0.15, -0.1) is 0 Å². The Morgan fingerprint density at radius 2 is 0.667 bits per heavy atom. The molecule has 0 saturated heterocycles. The lowest BCUT2D eigenvalue weighted by molar-refractivity contribution is 0.660. The van der Waals surface area contributed by atoms with Crippen molar-refractivity contribution < 1.29 is 0 Å². The zero-order chi connectivity index (χ0) is 38.3. The third-order valence-corrected chi connectivity index (χ3v) is 11.6. The molecule has 0 spiro atoms. The zero-order valence-electron chi connectivity index (χ0n) is 32.0. The van der Waals surface area contributed by atoms with Crippen LogP contribution < -0.4 is 0 Å². The summed E-state index contributed by atoms with van der Waals surface area (Å²) in [7, 11) is 0. The Balaban J connectivity index is 0.994. The second-order valence-corrected chi connectivity index (χ2v) is 15.4. The van der Waals surface area contributed by atoms with Gasteiger partial charge in [0.15, 0.2) is 5.82 Å². The van der Waals surface area contributed by atoms with Crippen LogP contribution >= 0.6 is 0 Å². The first-order valence-electron chi connectivity index (χ1n) is 19.6. The molecule has 0 unspecified atom stereocenters. The standard InChI is InChI=1S/C55H40N2/c1-55(2)50-19-10-9-18-48(50)49-35-46(32-33-51(49)55)42-22-20-41(21-23-42)45-16-11-17-47(34-45)54-56-52(43-28-24-39(25-29-43)37-12-5-3-6-13-37)36-53(57-54)44-30-26-40(27-31-44)38-14-7-4-8-15-38/h3-36H,1-2H3. The molecule has 0 saturated carbocycles. The Hall–Kier alpha value is -7.16. The van der Waals surface area contributed by atoms with Crippen LogP contribution in [0, 0.1) is 0 Å². The van der Waals surface area contributed by atoms with Crippen molar-refractivity contribution in [3.8, 4) is 89.5 Å². The third kappa shape index (κ3) is 6.46. The summed E-state index contributed by atoms with van der Waals surface area (Å²) < 4.78 is 0. The minimum absolute atomic E-state index is 0.00329. The van der Waals surface area contributed by atoms with Gasteiger partial charge in [0.1, 0.15) is 0 Å². The van der Waals surface area contributed by atoms with E-state index >= 15 is 0 Å². The molecule has 9 aromatic rings. The van der Waals surface area contributed by atoms with E-state index in [1.807, 2.05) is 12.1 Å². The summed E-state index contributed by atoms with van der Waals surface area (Å²) in [4.78, 5) is 10.4. The van der Waals surface area contributed by atoms with Crippen LogP contribution in [0.4, 0.5) is 0 Å². The van der Waals surface area contributed by atoms with Crippen molar-refractivity contribution in [1.29, 1.82) is 0 Å². The maximum Gasteiger partial charge on any atom is 0.160 e. The van der Waals surface area contributed by atoms with Gasteiger partial charge in [-0.05, 0) is 85.0 Å². The molecule has 270 valence electrons. The first kappa shape index (κ1) is 34.3. The second kappa shape index (κ2) is 14.2. The number of aromatic nitrogens is 2. The minimum atomic E-state index is 0.00329. The Bertz CT molecular complexity index is 2770. The summed E-state index contributed by atoms with van der Waals surface area (Å²) in [6.07, 6.45) is 0. The van der Waals surface area contributed by atoms with Gasteiger partial charge in [-0.2, -0.15) is 0 Å². The molecule has 0 fully saturated rings. The molecule has 8 aromatic carbocycles. The fraction of sp³-hybridized carbons (Fsp3) is 0.0545. The number of rotatable bonds is 7. The van der Waals surface area contributed by atoms with Crippen LogP contribution in [0.5, 0.6) is 0 Å². The van der Waals surface area contributed by atoms with E-state index in [0.29, 0.717) is 5.82 Å². The lowest BCUT2D eigenvalue weighted by atomic mass is 9.82. The predicted molar refractivity (Wildman–Crippen MR) is 238 cm³/mol. The molecular formula is C55H40N2. The van der Waals surface area contributed by atoms with Crippen molar-refractivity contribution >= 4 is 0 Å². The topological polar surface area (TPSA) is 25.8 Å². The summed E-state index contributed by atoms with van der Waals surface area (Å²) in [5.74, 6) is 0.696. The second-order valence-electron chi connectivity index (χ2n) is 15.4. The molecular weight excluding hydrogens is 689 g/mol. The van der Waals surface area contributed by atoms with Gasteiger partial charge in [-0.25, -0.2) is 9.97 Å². The van der Waals surface area contributed by atoms with E-state index in [0.717, 1.165) is 39.2 Å². The monoisotopic (exact) mass is 728 g/mol. The molecule has 1 aliphatic rings. The highest BCUT2D eigenvalue weighted by atomic mass is 14.9. The van der Waals surface area contributed by atoms with Crippen LogP contribution in [0.3, 0.4) is 0 Å². The lowest BCUT2D eigenvalue weighted by Gasteiger charge is -2.21. The highest BCUT2D eigenvalue weighted by Crippen LogP contribution is 2.49. The van der Waals surface area contributed by atoms with E-state index in [9.17, 15) is 0 Å². The number of fused-ring (bicyclic) bond motifs is 3. The molecule has 1 heterocycles. The smallest absolute Gasteiger partial charge is 0.160 e. The first-order valence-corrected chi connectivity index (χ1v) is 19.6. The first-order chi connectivity index (χ1) is 28.0. The van der Waals surface area contributed by atoms with Crippen LogP contribution in [0.15, 0.2) is 206 Å². The van der Waals surface area contributed by atoms with Crippen LogP contribution in [0.1, 0.15) is 25.0 Å². The largest absolute Gasteiger partial charge is 0.228 e. The molecule has 0 amide bonds. The predicted octanol–water partition coefficient (Wildman–Crippen LogP) is 14.5. The summed E-state index contributed by atoms with van der Waals surface area (Å²) in [6, 6.07) is 73.7. The van der Waals surface area contributed by atoms with Crippen LogP contribution in [0.2, 0.25) is 0 Å². The third-order valence-electron chi connectivity index (χ3n) is 11.6. The maximum atomic E-state index is 5.20. The maximum absolute atomic E-state index is 5.20. The van der Waals surface area contributed by atoms with E-state index < -0.39 is 0 Å². The molecule has 1 aliphatic carbocycles. The van der Waals surface area contributed by atoms with Crippen molar-refractivity contribution in [3.63, 3.8) is 0 Å². The van der Waals surface area contributed by atoms with Crippen LogP contribution in [-0.4, -0.2) is 9.97 Å². The van der Waals surface area contributed by atoms with Gasteiger partial charge in [0, 0.05) is 22.1 Å². The van der Waals surface area contributed by atoms with Gasteiger partial charge in [-0.3, -0.25) is 0 Å². The van der Waals surface area contributed by atoms with Crippen LogP contribution in [-0.2, 0) is 5.41 Å². The summed E-state index contributed by atoms with van der Waals surface area (Å²) in [5.41, 5.74) is 19.8. The Labute approximate surface area is 334 Å². The summed E-state index contributed by atoms with van der Waals surface area (Å²) in [6.45, 7) is 4.66. The Morgan fingerprint density at radius 1 is 0.281 bits per heavy atom. The molecule has 0 N–H and O–H groups in total. The molecule has 0 aliphatic heterocycles. The average Bonchev–Trinajstić information content (AvgIpc) is 3.52. The van der Waals surface area contributed by atoms with Crippen molar-refractivity contribution in [2.24, 2.45) is 0 Å². The molecule has 0 atom stereocenters. The molecule has 0 bridgehead atoms. The number of hydrogen-bond donors (Lipinski definition) is 0. The van der Waals surface area contributed by atoms with Crippen molar-refractivity contribution in [2.75, 3.05) is 0 Å². The SMILES string of the molecule is CC1(C)c2ccccc2-c2cc(-c3ccc(-c4cccc(-c5nc(-c6ccc(-c7ccccc7)cc6)cc(-c6ccc(-c7ccccc7)cc6)n5)c4)cc3)ccc21. The fourth-order valence-electron chi connectivity index (χ4n) is 8.39. The minimum Gasteiger partial charge on any atom is -0.228 e. The molecule has 2 heteroatoms. The number of benzene rings is 8. The van der Waals surface area contributed by atoms with Gasteiger partial charge in [-0.1, -0.05) is 202 Å². The van der Waals surface area contributed by atoms with Crippen molar-refractivity contribution in [2.45, 2.75) is 19.3 Å². The Kier molecular flexibility index (Phi) is 8.53. The Morgan fingerprint density at radius 3 is 1.23 bits per heavy atom. The quantitative estimate of drug-likeness (QED) is 0.163. The summed E-state index contributed by atoms with van der Waals surface area (Å²) >= 11 is 0. The van der Waals surface area contributed by atoms with E-state index in [4.69, 9.17) is 9.97 Å². The molecule has 10 rings (SSSR count). The van der Waals surface area contributed by atoms with Crippen molar-refractivity contribution in [3.05, 3.63) is 217 Å². The van der Waals surface area contributed by atoms with Gasteiger partial charge < -0.3 is 0 Å². The van der Waals surface area contributed by atoms with Gasteiger partial charge in [0.05, 0.1) is 11.4 Å². The molecule has 1 aromatic heterocycles. The van der Waals surface area contributed by atoms with Crippen molar-refractivity contribution in [1.82, 2.24) is 9.97 Å². The normalized spacial score (nSPS) is 12.5. The fourth-order valence-corrected chi connectivity index (χ4v) is 8.39. The van der Waals surface area contributed by atoms with E-state index in [-0.39, 0.29) is 5.41 Å². The molecule has 2 nitrogen and oxygen atoms in total. The lowest BCUT2D eigenvalue weighted by Crippen LogP contribution is -2.14. The average molecular weight is 729 g/mol.